The quantitative estimate of drug-likeness (QED) is 0.377. The van der Waals surface area contributed by atoms with Gasteiger partial charge in [0, 0.05) is 31.4 Å². The number of ether oxygens (including phenoxy) is 1. The minimum Gasteiger partial charge on any atom is -1.00 e. The maximum atomic E-state index is 11.7. The van der Waals surface area contributed by atoms with Crippen LogP contribution in [0.2, 0.25) is 0 Å². The van der Waals surface area contributed by atoms with Gasteiger partial charge in [0.15, 0.2) is 6.61 Å². The number of tetrazole rings is 1. The first kappa shape index (κ1) is 23.2. The Labute approximate surface area is 170 Å². The number of halogens is 1. The van der Waals surface area contributed by atoms with E-state index in [9.17, 15) is 4.79 Å². The van der Waals surface area contributed by atoms with Crippen molar-refractivity contribution in [2.24, 2.45) is 7.05 Å². The number of aromatic nitrogens is 4. The Morgan fingerprint density at radius 1 is 1.26 bits per heavy atom. The molecule has 2 rings (SSSR count). The van der Waals surface area contributed by atoms with Crippen molar-refractivity contribution in [3.63, 3.8) is 0 Å². The predicted octanol–water partition coefficient (Wildman–Crippen LogP) is -1.61. The average molecular weight is 414 g/mol. The molecule has 2 N–H and O–H groups in total. The van der Waals surface area contributed by atoms with Crippen molar-refractivity contribution in [1.29, 1.82) is 0 Å². The third kappa shape index (κ3) is 9.07. The fourth-order valence-electron chi connectivity index (χ4n) is 2.10. The van der Waals surface area contributed by atoms with E-state index in [2.05, 4.69) is 26.2 Å². The van der Waals surface area contributed by atoms with Gasteiger partial charge in [-0.15, -0.1) is 5.10 Å². The van der Waals surface area contributed by atoms with E-state index in [1.54, 1.807) is 16.4 Å². The van der Waals surface area contributed by atoms with Crippen LogP contribution in [0.3, 0.4) is 0 Å². The number of benzene rings is 1. The Bertz CT molecular complexity index is 702. The standard InChI is InChI=1S/C17H26N6O2S.ClH/c1-17(2,3)19-15(24)12-25-14-7-5-13(6-8-14)11-18-9-10-26-16-20-21-22-23(16)4;/h5-8,18H,9-12H2,1-4H3,(H,19,24);1H/p-1. The summed E-state index contributed by atoms with van der Waals surface area (Å²) < 4.78 is 7.17. The van der Waals surface area contributed by atoms with Crippen LogP contribution in [0.4, 0.5) is 0 Å². The van der Waals surface area contributed by atoms with E-state index in [4.69, 9.17) is 4.74 Å². The summed E-state index contributed by atoms with van der Waals surface area (Å²) in [7, 11) is 1.83. The molecule has 0 radical (unpaired) electrons. The van der Waals surface area contributed by atoms with E-state index in [1.807, 2.05) is 52.1 Å². The van der Waals surface area contributed by atoms with Crippen molar-refractivity contribution in [3.05, 3.63) is 29.8 Å². The summed E-state index contributed by atoms with van der Waals surface area (Å²) in [5, 5.41) is 18.4. The SMILES string of the molecule is Cn1nnnc1SCCNCc1ccc(OCC(=O)NC(C)(C)C)cc1.[Cl-]. The summed E-state index contributed by atoms with van der Waals surface area (Å²) in [6.45, 7) is 7.45. The van der Waals surface area contributed by atoms with Crippen molar-refractivity contribution >= 4 is 17.7 Å². The number of hydrogen-bond donors (Lipinski definition) is 2. The van der Waals surface area contributed by atoms with Crippen LogP contribution >= 0.6 is 11.8 Å². The minimum absolute atomic E-state index is 0. The largest absolute Gasteiger partial charge is 1.00 e. The Balaban J connectivity index is 0.00000364. The number of amides is 1. The van der Waals surface area contributed by atoms with Gasteiger partial charge in [0.1, 0.15) is 5.75 Å². The molecule has 0 atom stereocenters. The van der Waals surface area contributed by atoms with Gasteiger partial charge < -0.3 is 27.8 Å². The molecule has 10 heteroatoms. The van der Waals surface area contributed by atoms with Crippen molar-refractivity contribution in [2.75, 3.05) is 18.9 Å². The van der Waals surface area contributed by atoms with Crippen molar-refractivity contribution in [1.82, 2.24) is 30.8 Å². The lowest BCUT2D eigenvalue weighted by molar-refractivity contribution is -0.124. The molecule has 2 aromatic rings. The number of thioether (sulfide) groups is 1. The zero-order chi connectivity index (χ0) is 19.0. The molecule has 0 fully saturated rings. The second-order valence-electron chi connectivity index (χ2n) is 6.84. The molecular weight excluding hydrogens is 388 g/mol. The first-order valence-corrected chi connectivity index (χ1v) is 9.41. The summed E-state index contributed by atoms with van der Waals surface area (Å²) in [5.41, 5.74) is 0.902. The molecule has 8 nitrogen and oxygen atoms in total. The molecular formula is C17H26ClN6O2S-. The molecule has 1 amide bonds. The summed E-state index contributed by atoms with van der Waals surface area (Å²) in [4.78, 5) is 11.7. The molecule has 150 valence electrons. The van der Waals surface area contributed by atoms with Crippen LogP contribution in [-0.2, 0) is 18.4 Å². The zero-order valence-corrected chi connectivity index (χ0v) is 17.6. The molecule has 0 spiro atoms. The number of rotatable bonds is 9. The Hall–Kier alpha value is -1.84. The lowest BCUT2D eigenvalue weighted by Crippen LogP contribution is -3.00. The molecule has 0 saturated carbocycles. The molecule has 1 aromatic carbocycles. The van der Waals surface area contributed by atoms with E-state index in [-0.39, 0.29) is 30.5 Å². The molecule has 0 aliphatic heterocycles. The van der Waals surface area contributed by atoms with Crippen LogP contribution in [0.25, 0.3) is 0 Å². The van der Waals surface area contributed by atoms with Gasteiger partial charge in [-0.2, -0.15) is 0 Å². The number of aryl methyl sites for hydroxylation is 1. The minimum atomic E-state index is -0.252. The molecule has 0 aliphatic carbocycles. The van der Waals surface area contributed by atoms with Crippen molar-refractivity contribution in [3.8, 4) is 5.75 Å². The van der Waals surface area contributed by atoms with Crippen LogP contribution in [0, 0.1) is 0 Å². The third-order valence-electron chi connectivity index (χ3n) is 3.23. The van der Waals surface area contributed by atoms with Gasteiger partial charge in [0.25, 0.3) is 5.91 Å². The lowest BCUT2D eigenvalue weighted by Gasteiger charge is -2.20. The Morgan fingerprint density at radius 2 is 1.96 bits per heavy atom. The average Bonchev–Trinajstić information content (AvgIpc) is 2.97. The van der Waals surface area contributed by atoms with Crippen LogP contribution < -0.4 is 27.8 Å². The van der Waals surface area contributed by atoms with Gasteiger partial charge in [-0.25, -0.2) is 4.68 Å². The van der Waals surface area contributed by atoms with E-state index in [0.717, 1.165) is 29.6 Å². The van der Waals surface area contributed by atoms with Gasteiger partial charge >= 0.3 is 0 Å². The molecule has 1 heterocycles. The summed E-state index contributed by atoms with van der Waals surface area (Å²) in [6.07, 6.45) is 0. The maximum Gasteiger partial charge on any atom is 0.258 e. The number of nitrogens with zero attached hydrogens (tertiary/aromatic N) is 4. The van der Waals surface area contributed by atoms with E-state index in [1.165, 1.54) is 0 Å². The Kier molecular flexibility index (Phi) is 9.54. The first-order chi connectivity index (χ1) is 12.3. The fraction of sp³-hybridized carbons (Fsp3) is 0.529. The van der Waals surface area contributed by atoms with Gasteiger partial charge in [-0.3, -0.25) is 4.79 Å². The summed E-state index contributed by atoms with van der Waals surface area (Å²) in [5.74, 6) is 1.44. The summed E-state index contributed by atoms with van der Waals surface area (Å²) >= 11 is 1.61. The molecule has 1 aromatic heterocycles. The summed E-state index contributed by atoms with van der Waals surface area (Å²) in [6, 6.07) is 7.73. The number of nitrogens with one attached hydrogen (secondary N) is 2. The van der Waals surface area contributed by atoms with Gasteiger partial charge in [-0.05, 0) is 48.9 Å². The van der Waals surface area contributed by atoms with E-state index in [0.29, 0.717) is 5.75 Å². The third-order valence-corrected chi connectivity index (χ3v) is 4.24. The lowest BCUT2D eigenvalue weighted by atomic mass is 10.1. The molecule has 0 aliphatic rings. The van der Waals surface area contributed by atoms with E-state index < -0.39 is 0 Å². The smallest absolute Gasteiger partial charge is 0.258 e. The molecule has 0 unspecified atom stereocenters. The number of carbonyl (C=O) groups is 1. The second-order valence-corrected chi connectivity index (χ2v) is 7.90. The normalized spacial score (nSPS) is 11.0. The monoisotopic (exact) mass is 413 g/mol. The number of hydrogen-bond acceptors (Lipinski definition) is 7. The van der Waals surface area contributed by atoms with Crippen LogP contribution in [0.5, 0.6) is 5.75 Å². The highest BCUT2D eigenvalue weighted by atomic mass is 35.5. The highest BCUT2D eigenvalue weighted by molar-refractivity contribution is 7.99. The van der Waals surface area contributed by atoms with Crippen LogP contribution in [0.15, 0.2) is 29.4 Å². The maximum absolute atomic E-state index is 11.7. The fourth-order valence-corrected chi connectivity index (χ4v) is 2.84. The van der Waals surface area contributed by atoms with Crippen molar-refractivity contribution < 1.29 is 21.9 Å². The van der Waals surface area contributed by atoms with Gasteiger partial charge in [0.2, 0.25) is 5.16 Å². The highest BCUT2D eigenvalue weighted by Gasteiger charge is 2.13. The van der Waals surface area contributed by atoms with Crippen molar-refractivity contribution in [2.45, 2.75) is 38.0 Å². The Morgan fingerprint density at radius 3 is 2.56 bits per heavy atom. The topological polar surface area (TPSA) is 94.0 Å². The number of carbonyl (C=O) groups excluding carboxylic acids is 1. The zero-order valence-electron chi connectivity index (χ0n) is 16.0. The van der Waals surface area contributed by atoms with Crippen LogP contribution in [0.1, 0.15) is 26.3 Å². The molecule has 0 saturated heterocycles. The molecule has 27 heavy (non-hydrogen) atoms. The van der Waals surface area contributed by atoms with Gasteiger partial charge in [-0.1, -0.05) is 23.9 Å². The van der Waals surface area contributed by atoms with Gasteiger partial charge in [0.05, 0.1) is 0 Å². The first-order valence-electron chi connectivity index (χ1n) is 8.42. The second kappa shape index (κ2) is 11.1. The highest BCUT2D eigenvalue weighted by Crippen LogP contribution is 2.13. The predicted molar refractivity (Wildman–Crippen MR) is 101 cm³/mol. The van der Waals surface area contributed by atoms with E-state index >= 15 is 0 Å². The molecule has 0 bridgehead atoms. The van der Waals surface area contributed by atoms with Crippen LogP contribution in [-0.4, -0.2) is 50.6 Å².